The molecule has 2 unspecified atom stereocenters. The third-order valence-corrected chi connectivity index (χ3v) is 4.57. The second-order valence-electron chi connectivity index (χ2n) is 3.81. The van der Waals surface area contributed by atoms with Crippen molar-refractivity contribution in [2.45, 2.75) is 25.4 Å². The highest BCUT2D eigenvalue weighted by Crippen LogP contribution is 2.11. The van der Waals surface area contributed by atoms with E-state index in [0.717, 1.165) is 11.1 Å². The lowest BCUT2D eigenvalue weighted by Crippen LogP contribution is -1.95. The molecule has 1 aromatic rings. The molecular weight excluding hydrogens is 264 g/mol. The molecule has 0 spiro atoms. The topological polar surface area (TPSA) is 34.1 Å². The molecule has 0 bridgehead atoms. The highest BCUT2D eigenvalue weighted by molar-refractivity contribution is 7.87. The molecule has 0 aliphatic carbocycles. The first-order valence-electron chi connectivity index (χ1n) is 5.73. The van der Waals surface area contributed by atoms with E-state index in [1.54, 1.807) is 23.0 Å². The number of rotatable bonds is 6. The van der Waals surface area contributed by atoms with E-state index in [4.69, 9.17) is 0 Å². The fourth-order valence-electron chi connectivity index (χ4n) is 1.54. The van der Waals surface area contributed by atoms with Crippen LogP contribution in [0.15, 0.2) is 47.2 Å². The summed E-state index contributed by atoms with van der Waals surface area (Å²) >= 11 is 0. The Morgan fingerprint density at radius 2 is 1.39 bits per heavy atom. The standard InChI is InChI=1S/C14H18O2S2/c1-3-8-17(15)11-13-6-5-7-14(10-13)12-18(16)9-4-2/h3-10H,11-12H2,1-2H3. The maximum atomic E-state index is 11.6. The molecule has 0 heterocycles. The van der Waals surface area contributed by atoms with Gasteiger partial charge in [-0.3, -0.25) is 8.42 Å². The minimum atomic E-state index is -0.966. The maximum absolute atomic E-state index is 11.6. The van der Waals surface area contributed by atoms with Gasteiger partial charge in [-0.25, -0.2) is 0 Å². The summed E-state index contributed by atoms with van der Waals surface area (Å²) in [5.41, 5.74) is 2.03. The lowest BCUT2D eigenvalue weighted by molar-refractivity contribution is 0.687. The summed E-state index contributed by atoms with van der Waals surface area (Å²) in [7, 11) is -1.93. The van der Waals surface area contributed by atoms with Crippen LogP contribution in [-0.2, 0) is 33.1 Å². The Bertz CT molecular complexity index is 449. The first-order chi connectivity index (χ1) is 8.65. The van der Waals surface area contributed by atoms with Gasteiger partial charge < -0.3 is 0 Å². The maximum Gasteiger partial charge on any atom is 0.0526 e. The SMILES string of the molecule is CC=CS(=O)Cc1cccc(CS(=O)C=CC)c1. The Morgan fingerprint density at radius 1 is 0.944 bits per heavy atom. The van der Waals surface area contributed by atoms with Crippen LogP contribution in [0.2, 0.25) is 0 Å². The van der Waals surface area contributed by atoms with Gasteiger partial charge in [-0.15, -0.1) is 0 Å². The van der Waals surface area contributed by atoms with Crippen molar-refractivity contribution in [3.63, 3.8) is 0 Å². The van der Waals surface area contributed by atoms with Gasteiger partial charge in [0.05, 0.1) is 11.5 Å². The van der Waals surface area contributed by atoms with Crippen LogP contribution < -0.4 is 0 Å². The number of hydrogen-bond donors (Lipinski definition) is 0. The second kappa shape index (κ2) is 8.16. The average molecular weight is 282 g/mol. The third kappa shape index (κ3) is 5.56. The van der Waals surface area contributed by atoms with Crippen LogP contribution in [0, 0.1) is 0 Å². The molecule has 1 rings (SSSR count). The smallest absolute Gasteiger partial charge is 0.0526 e. The van der Waals surface area contributed by atoms with Crippen molar-refractivity contribution in [2.24, 2.45) is 0 Å². The van der Waals surface area contributed by atoms with Crippen LogP contribution in [0.25, 0.3) is 0 Å². The Morgan fingerprint density at radius 3 is 1.78 bits per heavy atom. The van der Waals surface area contributed by atoms with Gasteiger partial charge in [0.2, 0.25) is 0 Å². The lowest BCUT2D eigenvalue weighted by atomic mass is 10.2. The van der Waals surface area contributed by atoms with Crippen molar-refractivity contribution in [3.8, 4) is 0 Å². The predicted molar refractivity (Wildman–Crippen MR) is 79.8 cm³/mol. The van der Waals surface area contributed by atoms with Crippen LogP contribution in [0.5, 0.6) is 0 Å². The van der Waals surface area contributed by atoms with Crippen molar-refractivity contribution < 1.29 is 8.42 Å². The van der Waals surface area contributed by atoms with E-state index in [1.807, 2.05) is 38.1 Å². The van der Waals surface area contributed by atoms with E-state index in [2.05, 4.69) is 0 Å². The molecule has 1 aromatic carbocycles. The number of hydrogen-bond acceptors (Lipinski definition) is 2. The molecule has 2 nitrogen and oxygen atoms in total. The van der Waals surface area contributed by atoms with E-state index in [0.29, 0.717) is 11.5 Å². The van der Waals surface area contributed by atoms with Crippen LogP contribution in [0.3, 0.4) is 0 Å². The molecule has 0 aliphatic rings. The van der Waals surface area contributed by atoms with Crippen LogP contribution in [0.4, 0.5) is 0 Å². The van der Waals surface area contributed by atoms with Crippen molar-refractivity contribution in [2.75, 3.05) is 0 Å². The molecule has 0 N–H and O–H groups in total. The average Bonchev–Trinajstić information content (AvgIpc) is 2.29. The van der Waals surface area contributed by atoms with E-state index in [9.17, 15) is 8.42 Å². The molecule has 0 fully saturated rings. The zero-order chi connectivity index (χ0) is 13.4. The molecule has 2 atom stereocenters. The molecule has 0 saturated carbocycles. The summed E-state index contributed by atoms with van der Waals surface area (Å²) in [4.78, 5) is 0. The molecular formula is C14H18O2S2. The lowest BCUT2D eigenvalue weighted by Gasteiger charge is -2.03. The van der Waals surface area contributed by atoms with Crippen LogP contribution in [0.1, 0.15) is 25.0 Å². The van der Waals surface area contributed by atoms with Gasteiger partial charge in [0.15, 0.2) is 0 Å². The Hall–Kier alpha value is -1.00. The Labute approximate surface area is 114 Å². The van der Waals surface area contributed by atoms with Crippen molar-refractivity contribution >= 4 is 21.6 Å². The van der Waals surface area contributed by atoms with Crippen molar-refractivity contribution in [1.29, 1.82) is 0 Å². The summed E-state index contributed by atoms with van der Waals surface area (Å²) in [6.07, 6.45) is 3.59. The summed E-state index contributed by atoms with van der Waals surface area (Å²) in [5, 5.41) is 3.37. The quantitative estimate of drug-likeness (QED) is 0.802. The molecule has 98 valence electrons. The number of benzene rings is 1. The fraction of sp³-hybridized carbons (Fsp3) is 0.286. The zero-order valence-corrected chi connectivity index (χ0v) is 12.3. The molecule has 0 saturated heterocycles. The minimum absolute atomic E-state index is 0.508. The summed E-state index contributed by atoms with van der Waals surface area (Å²) in [5.74, 6) is 1.02. The van der Waals surface area contributed by atoms with Crippen LogP contribution >= 0.6 is 0 Å². The molecule has 18 heavy (non-hydrogen) atoms. The van der Waals surface area contributed by atoms with Crippen molar-refractivity contribution in [3.05, 3.63) is 58.4 Å². The van der Waals surface area contributed by atoms with E-state index in [-0.39, 0.29) is 0 Å². The first-order valence-corrected chi connectivity index (χ1v) is 8.50. The highest BCUT2D eigenvalue weighted by Gasteiger charge is 2.02. The van der Waals surface area contributed by atoms with Gasteiger partial charge in [0.25, 0.3) is 0 Å². The second-order valence-corrected chi connectivity index (χ2v) is 6.45. The van der Waals surface area contributed by atoms with E-state index >= 15 is 0 Å². The Kier molecular flexibility index (Phi) is 6.83. The van der Waals surface area contributed by atoms with Gasteiger partial charge in [0, 0.05) is 21.6 Å². The first kappa shape index (κ1) is 15.1. The monoisotopic (exact) mass is 282 g/mol. The van der Waals surface area contributed by atoms with Gasteiger partial charge in [-0.05, 0) is 35.8 Å². The molecule has 0 radical (unpaired) electrons. The summed E-state index contributed by atoms with van der Waals surface area (Å²) in [6.45, 7) is 3.71. The highest BCUT2D eigenvalue weighted by atomic mass is 32.2. The number of allylic oxidation sites excluding steroid dienone is 2. The molecule has 0 amide bonds. The van der Waals surface area contributed by atoms with Gasteiger partial charge in [0.1, 0.15) is 0 Å². The fourth-order valence-corrected chi connectivity index (χ4v) is 3.35. The predicted octanol–water partition coefficient (Wildman–Crippen LogP) is 3.25. The van der Waals surface area contributed by atoms with Gasteiger partial charge in [-0.1, -0.05) is 36.4 Å². The third-order valence-electron chi connectivity index (χ3n) is 2.18. The summed E-state index contributed by atoms with van der Waals surface area (Å²) in [6, 6.07) is 7.79. The van der Waals surface area contributed by atoms with Crippen molar-refractivity contribution in [1.82, 2.24) is 0 Å². The van der Waals surface area contributed by atoms with Crippen LogP contribution in [-0.4, -0.2) is 8.42 Å². The van der Waals surface area contributed by atoms with Gasteiger partial charge >= 0.3 is 0 Å². The largest absolute Gasteiger partial charge is 0.255 e. The Balaban J connectivity index is 2.73. The normalized spacial score (nSPS) is 15.2. The zero-order valence-electron chi connectivity index (χ0n) is 10.7. The molecule has 0 aliphatic heterocycles. The minimum Gasteiger partial charge on any atom is -0.255 e. The molecule has 4 heteroatoms. The van der Waals surface area contributed by atoms with E-state index < -0.39 is 21.6 Å². The molecule has 0 aromatic heterocycles. The summed E-state index contributed by atoms with van der Waals surface area (Å²) < 4.78 is 23.2. The van der Waals surface area contributed by atoms with E-state index in [1.165, 1.54) is 0 Å². The van der Waals surface area contributed by atoms with Gasteiger partial charge in [-0.2, -0.15) is 0 Å².